The number of aliphatic hydroxyl groups excluding tert-OH is 1. The van der Waals surface area contributed by atoms with Crippen LogP contribution in [0.2, 0.25) is 0 Å². The second kappa shape index (κ2) is 11.8. The predicted octanol–water partition coefficient (Wildman–Crippen LogP) is 3.50. The average molecular weight is 448 g/mol. The van der Waals surface area contributed by atoms with Crippen LogP contribution in [0.15, 0.2) is 48.5 Å². The lowest BCUT2D eigenvalue weighted by atomic mass is 10.1. The van der Waals surface area contributed by atoms with Crippen molar-refractivity contribution in [2.45, 2.75) is 45.3 Å². The first kappa shape index (κ1) is 24.8. The molecule has 0 atom stereocenters. The molecule has 0 unspecified atom stereocenters. The summed E-state index contributed by atoms with van der Waals surface area (Å²) in [4.78, 5) is 14.2. The third-order valence-corrected chi connectivity index (χ3v) is 6.87. The topological polar surface area (TPSA) is 98.7 Å². The van der Waals surface area contributed by atoms with Crippen LogP contribution in [0.5, 0.6) is 0 Å². The maximum atomic E-state index is 12.9. The minimum absolute atomic E-state index is 0.249. The average Bonchev–Trinajstić information content (AvgIpc) is 2.74. The van der Waals surface area contributed by atoms with Crippen molar-refractivity contribution in [3.8, 4) is 0 Å². The molecular formula is C23H33N3O4S. The first-order chi connectivity index (χ1) is 14.8. The SMILES string of the molecule is Cc1cc(NCCCCCNS(=O)(=O)C(C)C)ccc1C(=O)N(CO)c1ccccc1. The van der Waals surface area contributed by atoms with Crippen LogP contribution in [0.1, 0.15) is 49.0 Å². The summed E-state index contributed by atoms with van der Waals surface area (Å²) in [5, 5.41) is 12.6. The Hall–Kier alpha value is -2.42. The Labute approximate surface area is 185 Å². The highest BCUT2D eigenvalue weighted by Gasteiger charge is 2.18. The maximum absolute atomic E-state index is 12.9. The molecular weight excluding hydrogens is 414 g/mol. The first-order valence-electron chi connectivity index (χ1n) is 10.6. The van der Waals surface area contributed by atoms with Gasteiger partial charge >= 0.3 is 0 Å². The molecule has 0 aliphatic heterocycles. The monoisotopic (exact) mass is 447 g/mol. The van der Waals surface area contributed by atoms with Crippen LogP contribution in [0.3, 0.4) is 0 Å². The van der Waals surface area contributed by atoms with E-state index in [-0.39, 0.29) is 5.91 Å². The summed E-state index contributed by atoms with van der Waals surface area (Å²) in [6.45, 7) is 6.03. The number of para-hydroxylation sites is 1. The molecule has 2 rings (SSSR count). The number of hydrogen-bond donors (Lipinski definition) is 3. The Kier molecular flexibility index (Phi) is 9.48. The number of sulfonamides is 1. The number of anilines is 2. The van der Waals surface area contributed by atoms with E-state index < -0.39 is 22.0 Å². The molecule has 170 valence electrons. The lowest BCUT2D eigenvalue weighted by Gasteiger charge is -2.21. The molecule has 0 fully saturated rings. The van der Waals surface area contributed by atoms with E-state index in [1.54, 1.807) is 32.0 Å². The van der Waals surface area contributed by atoms with Gasteiger partial charge in [-0.2, -0.15) is 0 Å². The van der Waals surface area contributed by atoms with Gasteiger partial charge in [0.1, 0.15) is 6.73 Å². The Morgan fingerprint density at radius 3 is 2.32 bits per heavy atom. The number of aryl methyl sites for hydroxylation is 1. The highest BCUT2D eigenvalue weighted by Crippen LogP contribution is 2.21. The summed E-state index contributed by atoms with van der Waals surface area (Å²) in [5.74, 6) is -0.249. The molecule has 0 saturated carbocycles. The predicted molar refractivity (Wildman–Crippen MR) is 126 cm³/mol. The van der Waals surface area contributed by atoms with Gasteiger partial charge in [0.05, 0.1) is 5.25 Å². The molecule has 3 N–H and O–H groups in total. The zero-order valence-corrected chi connectivity index (χ0v) is 19.3. The zero-order chi connectivity index (χ0) is 22.9. The molecule has 2 aromatic rings. The number of nitrogens with zero attached hydrogens (tertiary/aromatic N) is 1. The minimum Gasteiger partial charge on any atom is -0.385 e. The lowest BCUT2D eigenvalue weighted by Crippen LogP contribution is -2.32. The van der Waals surface area contributed by atoms with Crippen molar-refractivity contribution in [2.24, 2.45) is 0 Å². The lowest BCUT2D eigenvalue weighted by molar-refractivity contribution is 0.0959. The van der Waals surface area contributed by atoms with E-state index in [1.807, 2.05) is 37.3 Å². The number of carbonyl (C=O) groups is 1. The zero-order valence-electron chi connectivity index (χ0n) is 18.5. The summed E-state index contributed by atoms with van der Waals surface area (Å²) >= 11 is 0. The van der Waals surface area contributed by atoms with Crippen molar-refractivity contribution in [1.82, 2.24) is 4.72 Å². The van der Waals surface area contributed by atoms with Crippen molar-refractivity contribution in [3.05, 3.63) is 59.7 Å². The van der Waals surface area contributed by atoms with Gasteiger partial charge in [0, 0.05) is 30.0 Å². The molecule has 0 spiro atoms. The van der Waals surface area contributed by atoms with Crippen molar-refractivity contribution < 1.29 is 18.3 Å². The third-order valence-electron chi connectivity index (χ3n) is 5.02. The molecule has 1 amide bonds. The standard InChI is InChI=1S/C23H33N3O4S/c1-18(2)31(29,30)25-15-9-5-8-14-24-20-12-13-22(19(3)16-20)23(28)26(17-27)21-10-6-4-7-11-21/h4,6-7,10-13,16,18,24-25,27H,5,8-9,14-15,17H2,1-3H3. The van der Waals surface area contributed by atoms with Crippen LogP contribution in [0.25, 0.3) is 0 Å². The third kappa shape index (κ3) is 7.34. The molecule has 8 heteroatoms. The van der Waals surface area contributed by atoms with Gasteiger partial charge in [0.15, 0.2) is 0 Å². The van der Waals surface area contributed by atoms with Gasteiger partial charge in [-0.25, -0.2) is 13.1 Å². The molecule has 0 aromatic heterocycles. The van der Waals surface area contributed by atoms with Gasteiger partial charge in [-0.3, -0.25) is 9.69 Å². The molecule has 0 saturated heterocycles. The highest BCUT2D eigenvalue weighted by molar-refractivity contribution is 7.90. The van der Waals surface area contributed by atoms with E-state index in [1.165, 1.54) is 4.90 Å². The summed E-state index contributed by atoms with van der Waals surface area (Å²) in [7, 11) is -3.19. The Balaban J connectivity index is 1.82. The fourth-order valence-corrected chi connectivity index (χ4v) is 3.83. The van der Waals surface area contributed by atoms with Gasteiger partial charge in [0.25, 0.3) is 5.91 Å². The molecule has 0 aliphatic rings. The molecule has 0 radical (unpaired) electrons. The summed E-state index contributed by atoms with van der Waals surface area (Å²) in [5.41, 5.74) is 2.94. The van der Waals surface area contributed by atoms with E-state index in [0.29, 0.717) is 17.8 Å². The Morgan fingerprint density at radius 1 is 1.03 bits per heavy atom. The van der Waals surface area contributed by atoms with E-state index in [4.69, 9.17) is 0 Å². The van der Waals surface area contributed by atoms with Gasteiger partial charge in [-0.15, -0.1) is 0 Å². The van der Waals surface area contributed by atoms with Crippen molar-refractivity contribution >= 4 is 27.3 Å². The van der Waals surface area contributed by atoms with Crippen molar-refractivity contribution in [2.75, 3.05) is 30.0 Å². The molecule has 0 bridgehead atoms. The van der Waals surface area contributed by atoms with Gasteiger partial charge in [0.2, 0.25) is 10.0 Å². The van der Waals surface area contributed by atoms with Gasteiger partial charge < -0.3 is 10.4 Å². The second-order valence-electron chi connectivity index (χ2n) is 7.72. The quantitative estimate of drug-likeness (QED) is 0.342. The number of carbonyl (C=O) groups excluding carboxylic acids is 1. The largest absolute Gasteiger partial charge is 0.385 e. The highest BCUT2D eigenvalue weighted by atomic mass is 32.2. The van der Waals surface area contributed by atoms with Crippen molar-refractivity contribution in [3.63, 3.8) is 0 Å². The number of hydrogen-bond acceptors (Lipinski definition) is 5. The van der Waals surface area contributed by atoms with Crippen LogP contribution in [0.4, 0.5) is 11.4 Å². The summed E-state index contributed by atoms with van der Waals surface area (Å²) in [6.07, 6.45) is 2.61. The molecule has 0 aliphatic carbocycles. The van der Waals surface area contributed by atoms with Gasteiger partial charge in [-0.05, 0) is 69.5 Å². The smallest absolute Gasteiger partial charge is 0.260 e. The molecule has 0 heterocycles. The van der Waals surface area contributed by atoms with Crippen LogP contribution in [-0.2, 0) is 10.0 Å². The Bertz CT molecular complexity index is 947. The van der Waals surface area contributed by atoms with Crippen LogP contribution in [-0.4, -0.2) is 44.5 Å². The van der Waals surface area contributed by atoms with E-state index >= 15 is 0 Å². The fourth-order valence-electron chi connectivity index (χ4n) is 3.07. The number of unbranched alkanes of at least 4 members (excludes halogenated alkanes) is 2. The maximum Gasteiger partial charge on any atom is 0.260 e. The van der Waals surface area contributed by atoms with E-state index in [0.717, 1.165) is 37.1 Å². The van der Waals surface area contributed by atoms with E-state index in [9.17, 15) is 18.3 Å². The minimum atomic E-state index is -3.19. The van der Waals surface area contributed by atoms with Crippen LogP contribution in [0, 0.1) is 6.92 Å². The summed E-state index contributed by atoms with van der Waals surface area (Å²) in [6, 6.07) is 14.6. The van der Waals surface area contributed by atoms with Gasteiger partial charge in [-0.1, -0.05) is 24.6 Å². The number of benzene rings is 2. The normalized spacial score (nSPS) is 11.5. The number of aliphatic hydroxyl groups is 1. The Morgan fingerprint density at radius 2 is 1.71 bits per heavy atom. The van der Waals surface area contributed by atoms with E-state index in [2.05, 4.69) is 10.0 Å². The second-order valence-corrected chi connectivity index (χ2v) is 10.0. The van der Waals surface area contributed by atoms with Crippen LogP contribution >= 0.6 is 0 Å². The number of amides is 1. The van der Waals surface area contributed by atoms with Crippen molar-refractivity contribution in [1.29, 1.82) is 0 Å². The number of nitrogens with one attached hydrogen (secondary N) is 2. The summed E-state index contributed by atoms with van der Waals surface area (Å²) < 4.78 is 26.0. The number of rotatable bonds is 12. The van der Waals surface area contributed by atoms with Crippen LogP contribution < -0.4 is 14.9 Å². The molecule has 7 nitrogen and oxygen atoms in total. The fraction of sp³-hybridized carbons (Fsp3) is 0.435. The molecule has 2 aromatic carbocycles. The first-order valence-corrected chi connectivity index (χ1v) is 12.1. The molecule has 31 heavy (non-hydrogen) atoms.